The van der Waals surface area contributed by atoms with Crippen molar-refractivity contribution >= 4 is 33.7 Å². The summed E-state index contributed by atoms with van der Waals surface area (Å²) in [4.78, 5) is 23.6. The molecule has 9 heteroatoms. The number of carbonyl (C=O) groups is 1. The molecule has 0 saturated carbocycles. The van der Waals surface area contributed by atoms with Crippen molar-refractivity contribution in [3.05, 3.63) is 24.0 Å². The van der Waals surface area contributed by atoms with Crippen LogP contribution in [0.1, 0.15) is 29.4 Å². The molecule has 2 aliphatic rings. The van der Waals surface area contributed by atoms with E-state index in [9.17, 15) is 4.79 Å². The van der Waals surface area contributed by atoms with Gasteiger partial charge in [-0.05, 0) is 32.0 Å². The van der Waals surface area contributed by atoms with Gasteiger partial charge in [-0.3, -0.25) is 9.48 Å². The van der Waals surface area contributed by atoms with Gasteiger partial charge in [-0.1, -0.05) is 6.07 Å². The molecule has 0 atom stereocenters. The Kier molecular flexibility index (Phi) is 4.33. The Morgan fingerprint density at radius 1 is 1.21 bits per heavy atom. The Morgan fingerprint density at radius 2 is 2.00 bits per heavy atom. The summed E-state index contributed by atoms with van der Waals surface area (Å²) in [7, 11) is 0. The lowest BCUT2D eigenvalue weighted by atomic mass is 10.1. The third-order valence-electron chi connectivity index (χ3n) is 5.59. The van der Waals surface area contributed by atoms with Gasteiger partial charge in [-0.2, -0.15) is 5.10 Å². The number of morpholine rings is 1. The molecule has 3 aromatic rings. The van der Waals surface area contributed by atoms with E-state index in [1.54, 1.807) is 0 Å². The van der Waals surface area contributed by atoms with E-state index in [0.29, 0.717) is 24.9 Å². The molecule has 3 N–H and O–H groups in total. The van der Waals surface area contributed by atoms with Crippen molar-refractivity contribution in [2.45, 2.75) is 18.9 Å². The van der Waals surface area contributed by atoms with Gasteiger partial charge < -0.3 is 20.7 Å². The van der Waals surface area contributed by atoms with Crippen LogP contribution in [-0.4, -0.2) is 65.0 Å². The van der Waals surface area contributed by atoms with Crippen LogP contribution in [0.15, 0.2) is 18.3 Å². The Balaban J connectivity index is 1.72. The minimum Gasteiger partial charge on any atom is -0.378 e. The first-order valence-electron chi connectivity index (χ1n) is 9.73. The van der Waals surface area contributed by atoms with Gasteiger partial charge in [0.05, 0.1) is 24.8 Å². The van der Waals surface area contributed by atoms with E-state index in [1.807, 2.05) is 23.0 Å². The predicted octanol–water partition coefficient (Wildman–Crippen LogP) is 0.839. The molecule has 0 spiro atoms. The summed E-state index contributed by atoms with van der Waals surface area (Å²) >= 11 is 0. The number of benzene rings is 1. The van der Waals surface area contributed by atoms with Crippen molar-refractivity contribution < 1.29 is 9.53 Å². The van der Waals surface area contributed by atoms with Crippen molar-refractivity contribution in [3.63, 3.8) is 0 Å². The third kappa shape index (κ3) is 2.87. The van der Waals surface area contributed by atoms with Crippen LogP contribution in [0.4, 0.5) is 5.95 Å². The van der Waals surface area contributed by atoms with Crippen molar-refractivity contribution in [2.75, 3.05) is 44.3 Å². The highest BCUT2D eigenvalue weighted by Crippen LogP contribution is 2.31. The molecule has 28 heavy (non-hydrogen) atoms. The number of amides is 1. The molecule has 2 fully saturated rings. The van der Waals surface area contributed by atoms with E-state index in [0.717, 1.165) is 60.8 Å². The van der Waals surface area contributed by atoms with Crippen LogP contribution in [0.25, 0.3) is 21.8 Å². The van der Waals surface area contributed by atoms with Gasteiger partial charge in [0.15, 0.2) is 5.69 Å². The van der Waals surface area contributed by atoms with E-state index < -0.39 is 5.91 Å². The van der Waals surface area contributed by atoms with Crippen molar-refractivity contribution in [3.8, 4) is 0 Å². The second-order valence-corrected chi connectivity index (χ2v) is 7.31. The maximum atomic E-state index is 12.0. The first kappa shape index (κ1) is 17.3. The van der Waals surface area contributed by atoms with Crippen LogP contribution in [0.3, 0.4) is 0 Å². The highest BCUT2D eigenvalue weighted by molar-refractivity contribution is 6.11. The second-order valence-electron chi connectivity index (χ2n) is 7.31. The number of hydrogen-bond acceptors (Lipinski definition) is 7. The van der Waals surface area contributed by atoms with Gasteiger partial charge in [0.2, 0.25) is 5.95 Å². The summed E-state index contributed by atoms with van der Waals surface area (Å²) < 4.78 is 7.41. The quantitative estimate of drug-likeness (QED) is 0.691. The number of nitrogens with zero attached hydrogens (tertiary/aromatic N) is 5. The van der Waals surface area contributed by atoms with Gasteiger partial charge in [0.1, 0.15) is 5.52 Å². The molecule has 1 amide bonds. The Bertz CT molecular complexity index is 1040. The number of ether oxygens (including phenoxy) is 1. The summed E-state index contributed by atoms with van der Waals surface area (Å²) in [6.07, 6.45) is 3.75. The van der Waals surface area contributed by atoms with Gasteiger partial charge in [0.25, 0.3) is 5.91 Å². The smallest absolute Gasteiger partial charge is 0.269 e. The number of fused-ring (bicyclic) bond motifs is 3. The molecule has 0 radical (unpaired) electrons. The lowest BCUT2D eigenvalue weighted by Gasteiger charge is -2.27. The van der Waals surface area contributed by atoms with Crippen molar-refractivity contribution in [1.29, 1.82) is 0 Å². The fourth-order valence-electron chi connectivity index (χ4n) is 4.12. The lowest BCUT2D eigenvalue weighted by Crippen LogP contribution is -2.37. The number of nitrogens with two attached hydrogens (primary N) is 1. The minimum absolute atomic E-state index is 0.212. The summed E-state index contributed by atoms with van der Waals surface area (Å²) in [5.41, 5.74) is 7.62. The Labute approximate surface area is 161 Å². The summed E-state index contributed by atoms with van der Waals surface area (Å²) in [5, 5.41) is 9.68. The minimum atomic E-state index is -0.514. The zero-order valence-electron chi connectivity index (χ0n) is 15.6. The fourth-order valence-corrected chi connectivity index (χ4v) is 4.12. The molecule has 2 aliphatic heterocycles. The average molecular weight is 381 g/mol. The molecule has 0 unspecified atom stereocenters. The predicted molar refractivity (Wildman–Crippen MR) is 106 cm³/mol. The fraction of sp³-hybridized carbons (Fsp3) is 0.474. The molecule has 146 valence electrons. The molecule has 2 saturated heterocycles. The zero-order chi connectivity index (χ0) is 19.1. The molecule has 5 rings (SSSR count). The van der Waals surface area contributed by atoms with E-state index in [-0.39, 0.29) is 6.04 Å². The summed E-state index contributed by atoms with van der Waals surface area (Å²) in [6.45, 7) is 4.73. The molecule has 9 nitrogen and oxygen atoms in total. The van der Waals surface area contributed by atoms with Crippen molar-refractivity contribution in [2.24, 2.45) is 5.73 Å². The van der Waals surface area contributed by atoms with E-state index in [1.165, 1.54) is 0 Å². The first-order valence-corrected chi connectivity index (χ1v) is 9.73. The Morgan fingerprint density at radius 3 is 2.75 bits per heavy atom. The zero-order valence-corrected chi connectivity index (χ0v) is 15.6. The van der Waals surface area contributed by atoms with Crippen LogP contribution >= 0.6 is 0 Å². The van der Waals surface area contributed by atoms with Crippen LogP contribution in [-0.2, 0) is 4.74 Å². The largest absolute Gasteiger partial charge is 0.378 e. The number of hydrogen-bond donors (Lipinski definition) is 2. The van der Waals surface area contributed by atoms with E-state index >= 15 is 0 Å². The van der Waals surface area contributed by atoms with Gasteiger partial charge >= 0.3 is 0 Å². The van der Waals surface area contributed by atoms with Crippen LogP contribution in [0, 0.1) is 0 Å². The maximum Gasteiger partial charge on any atom is 0.269 e. The number of nitrogens with one attached hydrogen (secondary N) is 1. The van der Waals surface area contributed by atoms with Gasteiger partial charge in [0, 0.05) is 30.1 Å². The molecular formula is C19H23N7O2. The SMILES string of the molecule is NC(=O)c1nn(C2CCNCC2)c2c1ccc1cnc(N3CCOCC3)nc12. The number of rotatable bonds is 3. The van der Waals surface area contributed by atoms with Crippen LogP contribution in [0.2, 0.25) is 0 Å². The monoisotopic (exact) mass is 381 g/mol. The molecular weight excluding hydrogens is 358 g/mol. The normalized spacial score (nSPS) is 18.8. The van der Waals surface area contributed by atoms with E-state index in [4.69, 9.17) is 15.5 Å². The maximum absolute atomic E-state index is 12.0. The summed E-state index contributed by atoms with van der Waals surface area (Å²) in [5.74, 6) is 0.168. The van der Waals surface area contributed by atoms with Crippen molar-refractivity contribution in [1.82, 2.24) is 25.1 Å². The number of piperidine rings is 1. The molecule has 0 bridgehead atoms. The highest BCUT2D eigenvalue weighted by atomic mass is 16.5. The average Bonchev–Trinajstić information content (AvgIpc) is 3.15. The van der Waals surface area contributed by atoms with Crippen LogP contribution < -0.4 is 16.0 Å². The van der Waals surface area contributed by atoms with Crippen LogP contribution in [0.5, 0.6) is 0 Å². The number of anilines is 1. The molecule has 0 aliphatic carbocycles. The Hall–Kier alpha value is -2.78. The third-order valence-corrected chi connectivity index (χ3v) is 5.59. The number of aromatic nitrogens is 4. The lowest BCUT2D eigenvalue weighted by molar-refractivity contribution is 0.0995. The number of carbonyl (C=O) groups excluding carboxylic acids is 1. The first-order chi connectivity index (χ1) is 13.7. The van der Waals surface area contributed by atoms with Gasteiger partial charge in [-0.15, -0.1) is 0 Å². The van der Waals surface area contributed by atoms with E-state index in [2.05, 4.69) is 20.3 Å². The second kappa shape index (κ2) is 6.99. The highest BCUT2D eigenvalue weighted by Gasteiger charge is 2.25. The standard InChI is InChI=1S/C19H23N7O2/c20-18(27)16-14-2-1-12-11-22-19(25-7-9-28-10-8-25)23-15(12)17(14)26(24-16)13-3-5-21-6-4-13/h1-2,11,13,21H,3-10H2,(H2,20,27). The molecule has 4 heterocycles. The topological polar surface area (TPSA) is 111 Å². The summed E-state index contributed by atoms with van der Waals surface area (Å²) in [6, 6.07) is 4.05. The molecule has 2 aromatic heterocycles. The number of primary amides is 1. The van der Waals surface area contributed by atoms with Gasteiger partial charge in [-0.25, -0.2) is 9.97 Å². The molecule has 1 aromatic carbocycles.